The Labute approximate surface area is 200 Å². The van der Waals surface area contributed by atoms with Gasteiger partial charge in [-0.2, -0.15) is 0 Å². The maximum Gasteiger partial charge on any atom is 0.265 e. The molecule has 5 rings (SSSR count). The highest BCUT2D eigenvalue weighted by atomic mass is 32.2. The number of rotatable bonds is 6. The quantitative estimate of drug-likeness (QED) is 0.386. The number of carbonyl (C=O) groups is 1. The molecule has 1 amide bonds. The molecular weight excluding hydrogens is 470 g/mol. The lowest BCUT2D eigenvalue weighted by Gasteiger charge is -2.10. The van der Waals surface area contributed by atoms with Crippen molar-refractivity contribution < 1.29 is 13.2 Å². The molecule has 0 fully saturated rings. The number of aryl methyl sites for hydroxylation is 1. The van der Waals surface area contributed by atoms with Gasteiger partial charge in [-0.25, -0.2) is 18.1 Å². The van der Waals surface area contributed by atoms with Gasteiger partial charge in [-0.3, -0.25) is 4.79 Å². The molecule has 34 heavy (non-hydrogen) atoms. The van der Waals surface area contributed by atoms with E-state index in [-0.39, 0.29) is 10.5 Å². The zero-order chi connectivity index (χ0) is 23.7. The van der Waals surface area contributed by atoms with Crippen LogP contribution in [0.15, 0.2) is 83.1 Å². The highest BCUT2D eigenvalue weighted by Gasteiger charge is 2.19. The molecule has 10 heteroatoms. The van der Waals surface area contributed by atoms with Crippen LogP contribution in [0.3, 0.4) is 0 Å². The van der Waals surface area contributed by atoms with Gasteiger partial charge in [0.25, 0.3) is 15.9 Å². The summed E-state index contributed by atoms with van der Waals surface area (Å²) in [5.74, 6) is 0.0922. The first-order valence-corrected chi connectivity index (χ1v) is 12.7. The summed E-state index contributed by atoms with van der Waals surface area (Å²) in [6.45, 7) is 2.44. The molecule has 2 aromatic heterocycles. The number of hydrogen-bond donors (Lipinski definition) is 1. The Kier molecular flexibility index (Phi) is 5.68. The number of aromatic nitrogens is 4. The average Bonchev–Trinajstić information content (AvgIpc) is 3.48. The molecule has 0 atom stereocenters. The normalized spacial score (nSPS) is 11.6. The average molecular weight is 490 g/mol. The molecule has 2 heterocycles. The topological polar surface area (TPSA) is 107 Å². The van der Waals surface area contributed by atoms with E-state index in [0.29, 0.717) is 6.54 Å². The van der Waals surface area contributed by atoms with E-state index in [4.69, 9.17) is 0 Å². The summed E-state index contributed by atoms with van der Waals surface area (Å²) >= 11 is 1.31. The Morgan fingerprint density at radius 3 is 2.50 bits per heavy atom. The second-order valence-electron chi connectivity index (χ2n) is 7.68. The fourth-order valence-electron chi connectivity index (χ4n) is 3.68. The fourth-order valence-corrected chi connectivity index (χ4v) is 5.14. The number of amides is 1. The number of nitrogens with zero attached hydrogens (tertiary/aromatic N) is 4. The molecule has 0 bridgehead atoms. The Morgan fingerprint density at radius 2 is 1.79 bits per heavy atom. The number of hydrogen-bond acceptors (Lipinski definition) is 7. The van der Waals surface area contributed by atoms with Crippen LogP contribution in [0.1, 0.15) is 21.7 Å². The van der Waals surface area contributed by atoms with Gasteiger partial charge in [-0.1, -0.05) is 47.0 Å². The zero-order valence-electron chi connectivity index (χ0n) is 18.0. The number of benzene rings is 3. The monoisotopic (exact) mass is 489 g/mol. The third-order valence-corrected chi connectivity index (χ3v) is 7.28. The maximum absolute atomic E-state index is 12.8. The van der Waals surface area contributed by atoms with Gasteiger partial charge in [0.2, 0.25) is 0 Å². The summed E-state index contributed by atoms with van der Waals surface area (Å²) < 4.78 is 33.1. The second kappa shape index (κ2) is 8.81. The van der Waals surface area contributed by atoms with Crippen molar-refractivity contribution in [2.45, 2.75) is 18.4 Å². The molecule has 170 valence electrons. The molecule has 0 saturated carbocycles. The minimum Gasteiger partial charge on any atom is -0.324 e. The van der Waals surface area contributed by atoms with Crippen molar-refractivity contribution in [3.63, 3.8) is 0 Å². The van der Waals surface area contributed by atoms with Crippen molar-refractivity contribution in [2.24, 2.45) is 0 Å². The van der Waals surface area contributed by atoms with Crippen LogP contribution < -0.4 is 4.72 Å². The van der Waals surface area contributed by atoms with E-state index in [9.17, 15) is 13.2 Å². The number of fused-ring (bicyclic) bond motifs is 1. The lowest BCUT2D eigenvalue weighted by atomic mass is 10.1. The summed E-state index contributed by atoms with van der Waals surface area (Å²) in [5.41, 5.74) is 4.58. The van der Waals surface area contributed by atoms with Crippen LogP contribution in [0.5, 0.6) is 0 Å². The Bertz CT molecular complexity index is 1580. The number of sulfonamides is 1. The van der Waals surface area contributed by atoms with Crippen molar-refractivity contribution in [1.82, 2.24) is 23.9 Å². The predicted octanol–water partition coefficient (Wildman–Crippen LogP) is 4.03. The van der Waals surface area contributed by atoms with Crippen LogP contribution in [0, 0.1) is 6.92 Å². The van der Waals surface area contributed by atoms with Crippen LogP contribution >= 0.6 is 11.5 Å². The molecule has 5 aromatic rings. The van der Waals surface area contributed by atoms with Gasteiger partial charge in [0.05, 0.1) is 15.9 Å². The molecule has 0 aliphatic heterocycles. The fraction of sp³-hybridized carbons (Fsp3) is 0.0833. The first-order chi connectivity index (χ1) is 16.4. The van der Waals surface area contributed by atoms with Crippen molar-refractivity contribution in [3.05, 3.63) is 95.1 Å². The largest absolute Gasteiger partial charge is 0.324 e. The van der Waals surface area contributed by atoms with Crippen LogP contribution in [0.4, 0.5) is 0 Å². The first-order valence-electron chi connectivity index (χ1n) is 10.4. The van der Waals surface area contributed by atoms with Gasteiger partial charge in [-0.15, -0.1) is 5.10 Å². The Hall–Kier alpha value is -3.89. The zero-order valence-corrected chi connectivity index (χ0v) is 19.7. The Balaban J connectivity index is 1.42. The molecule has 0 spiro atoms. The van der Waals surface area contributed by atoms with Crippen LogP contribution in [0.25, 0.3) is 22.3 Å². The summed E-state index contributed by atoms with van der Waals surface area (Å²) in [6, 6.07) is 20.8. The summed E-state index contributed by atoms with van der Waals surface area (Å²) in [4.78, 5) is 17.4. The lowest BCUT2D eigenvalue weighted by Crippen LogP contribution is -2.30. The standard InChI is InChI=1S/C24H19N5O3S2/c1-16-25-21-12-11-19(24(30)27-34(31,32)20-5-3-2-4-6-20)13-23(21)29(16)14-17-7-9-18(10-8-17)22-15-33-28-26-22/h2-13,15H,14H2,1H3,(H,27,30). The molecule has 8 nitrogen and oxygen atoms in total. The summed E-state index contributed by atoms with van der Waals surface area (Å²) in [5, 5.41) is 5.99. The Morgan fingerprint density at radius 1 is 1.03 bits per heavy atom. The number of imidazole rings is 1. The molecule has 0 aliphatic carbocycles. The molecule has 3 aromatic carbocycles. The van der Waals surface area contributed by atoms with E-state index in [1.165, 1.54) is 23.7 Å². The number of carbonyl (C=O) groups excluding carboxylic acids is 1. The second-order valence-corrected chi connectivity index (χ2v) is 9.98. The van der Waals surface area contributed by atoms with E-state index < -0.39 is 15.9 Å². The first kappa shape index (κ1) is 21.9. The van der Waals surface area contributed by atoms with E-state index in [1.54, 1.807) is 36.4 Å². The predicted molar refractivity (Wildman–Crippen MR) is 130 cm³/mol. The van der Waals surface area contributed by atoms with Gasteiger partial charge in [0.1, 0.15) is 11.5 Å². The molecule has 0 unspecified atom stereocenters. The summed E-state index contributed by atoms with van der Waals surface area (Å²) in [7, 11) is -3.97. The molecule has 0 radical (unpaired) electrons. The van der Waals surface area contributed by atoms with Crippen molar-refractivity contribution in [2.75, 3.05) is 0 Å². The van der Waals surface area contributed by atoms with Crippen LogP contribution in [0.2, 0.25) is 0 Å². The van der Waals surface area contributed by atoms with Gasteiger partial charge in [0, 0.05) is 23.1 Å². The SMILES string of the molecule is Cc1nc2ccc(C(=O)NS(=O)(=O)c3ccccc3)cc2n1Cc1ccc(-c2csnn2)cc1. The van der Waals surface area contributed by atoms with Gasteiger partial charge >= 0.3 is 0 Å². The molecular formula is C24H19N5O3S2. The van der Waals surface area contributed by atoms with Crippen molar-refractivity contribution in [1.29, 1.82) is 0 Å². The van der Waals surface area contributed by atoms with E-state index >= 15 is 0 Å². The third kappa shape index (κ3) is 4.33. The van der Waals surface area contributed by atoms with E-state index in [2.05, 4.69) is 19.3 Å². The summed E-state index contributed by atoms with van der Waals surface area (Å²) in [6.07, 6.45) is 0. The highest BCUT2D eigenvalue weighted by Crippen LogP contribution is 2.22. The molecule has 0 saturated heterocycles. The minimum absolute atomic E-state index is 0.0298. The minimum atomic E-state index is -3.97. The molecule has 0 aliphatic rings. The van der Waals surface area contributed by atoms with Crippen molar-refractivity contribution in [3.8, 4) is 11.3 Å². The number of nitrogens with one attached hydrogen (secondary N) is 1. The van der Waals surface area contributed by atoms with Crippen molar-refractivity contribution >= 4 is 38.5 Å². The van der Waals surface area contributed by atoms with E-state index in [0.717, 1.165) is 33.7 Å². The highest BCUT2D eigenvalue weighted by molar-refractivity contribution is 7.90. The van der Waals surface area contributed by atoms with Gasteiger partial charge in [0.15, 0.2) is 0 Å². The molecule has 1 N–H and O–H groups in total. The smallest absolute Gasteiger partial charge is 0.265 e. The van der Waals surface area contributed by atoms with Crippen LogP contribution in [-0.2, 0) is 16.6 Å². The van der Waals surface area contributed by atoms with Gasteiger partial charge in [-0.05, 0) is 54.4 Å². The lowest BCUT2D eigenvalue weighted by molar-refractivity contribution is 0.0981. The van der Waals surface area contributed by atoms with Gasteiger partial charge < -0.3 is 4.57 Å². The maximum atomic E-state index is 12.8. The third-order valence-electron chi connectivity index (χ3n) is 5.43. The van der Waals surface area contributed by atoms with E-state index in [1.807, 2.05) is 41.1 Å². The van der Waals surface area contributed by atoms with Crippen LogP contribution in [-0.4, -0.2) is 33.5 Å².